The number of nitriles is 1. The number of hydrogen-bond acceptors (Lipinski definition) is 4. The Morgan fingerprint density at radius 3 is 1.23 bits per heavy atom. The van der Waals surface area contributed by atoms with Crippen molar-refractivity contribution in [3.63, 3.8) is 0 Å². The summed E-state index contributed by atoms with van der Waals surface area (Å²) in [5, 5.41) is 10.5. The molecule has 133 heavy (non-hydrogen) atoms. The summed E-state index contributed by atoms with van der Waals surface area (Å²) >= 11 is 0. The molecule has 0 saturated heterocycles. The van der Waals surface area contributed by atoms with Crippen LogP contribution < -0.4 is 30.9 Å². The Kier molecular flexibility index (Phi) is 15.5. The lowest BCUT2D eigenvalue weighted by atomic mass is 9.33. The van der Waals surface area contributed by atoms with Crippen molar-refractivity contribution in [2.75, 3.05) is 9.80 Å². The topological polar surface area (TPSA) is 53.7 Å². The van der Waals surface area contributed by atoms with Gasteiger partial charge in [0, 0.05) is 86.4 Å². The highest BCUT2D eigenvalue weighted by Crippen LogP contribution is 2.60. The van der Waals surface area contributed by atoms with Crippen LogP contribution in [0, 0.1) is 17.9 Å². The van der Waals surface area contributed by atoms with Crippen molar-refractivity contribution in [2.24, 2.45) is 0 Å². The van der Waals surface area contributed by atoms with E-state index in [0.717, 1.165) is 106 Å². The highest BCUT2D eigenvalue weighted by Gasteiger charge is 2.49. The lowest BCUT2D eigenvalue weighted by Gasteiger charge is -2.46. The first-order valence-electron chi connectivity index (χ1n) is 51.7. The zero-order valence-electron chi connectivity index (χ0n) is 87.6. The molecule has 0 bridgehead atoms. The van der Waals surface area contributed by atoms with E-state index in [1.54, 1.807) is 9.13 Å². The van der Waals surface area contributed by atoms with Crippen LogP contribution in [-0.4, -0.2) is 15.8 Å². The number of aromatic nitrogens is 2. The average molecular weight is 1720 g/mol. The van der Waals surface area contributed by atoms with Crippen LogP contribution in [0.2, 0.25) is 0 Å². The molecule has 2 aromatic heterocycles. The second-order valence-electron chi connectivity index (χ2n) is 36.5. The number of nitrogens with zero attached hydrogens (tertiary/aromatic N) is 6. The summed E-state index contributed by atoms with van der Waals surface area (Å²) in [5.41, 5.74) is 20.5. The van der Waals surface area contributed by atoms with E-state index in [9.17, 15) is 24.5 Å². The van der Waals surface area contributed by atoms with Crippen molar-refractivity contribution in [1.82, 2.24) is 9.13 Å². The first kappa shape index (κ1) is 65.7. The summed E-state index contributed by atoms with van der Waals surface area (Å²) in [5.74, 6) is 1.21. The minimum Gasteiger partial charge on any atom is -0.457 e. The Morgan fingerprint density at radius 2 is 0.752 bits per heavy atom. The summed E-state index contributed by atoms with van der Waals surface area (Å²) in [6.07, 6.45) is 0. The molecule has 628 valence electrons. The first-order valence-corrected chi connectivity index (χ1v) is 44.7. The van der Waals surface area contributed by atoms with Gasteiger partial charge in [-0.15, -0.1) is 0 Å². The fourth-order valence-corrected chi connectivity index (χ4v) is 20.7. The summed E-state index contributed by atoms with van der Waals surface area (Å²) < 4.78 is 149. The second-order valence-corrected chi connectivity index (χ2v) is 36.5. The minimum atomic E-state index is -0.969. The van der Waals surface area contributed by atoms with E-state index in [0.29, 0.717) is 67.7 Å². The van der Waals surface area contributed by atoms with Gasteiger partial charge in [0.25, 0.3) is 6.71 Å². The molecule has 7 nitrogen and oxygen atoms in total. The molecule has 0 aliphatic carbocycles. The maximum atomic E-state index is 11.0. The Labute approximate surface area is 795 Å². The molecule has 0 unspecified atom stereocenters. The van der Waals surface area contributed by atoms with E-state index in [1.807, 2.05) is 140 Å². The van der Waals surface area contributed by atoms with E-state index in [-0.39, 0.29) is 55.0 Å². The van der Waals surface area contributed by atoms with Crippen LogP contribution in [0.4, 0.5) is 39.8 Å². The normalized spacial score (nSPS) is 14.4. The maximum Gasteiger partial charge on any atom is 0.252 e. The van der Waals surface area contributed by atoms with E-state index in [2.05, 4.69) is 269 Å². The molecule has 0 radical (unpaired) electrons. The van der Waals surface area contributed by atoms with Crippen molar-refractivity contribution in [2.45, 2.75) is 57.8 Å². The van der Waals surface area contributed by atoms with Gasteiger partial charge in [-0.1, -0.05) is 345 Å². The standard InChI is InChI=1S/C125H89BN6O/c1-123(2,3)93-72-100(83-38-18-10-19-39-83)121(102(74-93)88-44-32-42-85(67-88)81-34-14-8-15-35-81)131-114-77-96(129-110-53-29-26-50-98(110)104-66-80(79-127)56-64-112(104)129)59-62-108(114)126-109-63-60-97(130-111-54-30-27-51-99(111)105-76-95(128-7)58-65-113(105)130)78-115(109)132(122-101(84-40-20-11-21-41-84)73-94(124(4,5)6)75-103(122)89-45-33-43-86(68-89)82-36-16-9-17-37-82)117-70-90(69-116(131)120(117)126)87-57-61-107-119(71-87)133-118-55-31-28-52-106(118)125(107,91-46-22-12-23-47-91)92-48-24-13-25-49-92/h8-78H,1-6H3/i26D,27D,29D,30D,50D,51D,53D,54D,56D,58D,64D,65D,66D,76D. The zero-order valence-corrected chi connectivity index (χ0v) is 73.6. The monoisotopic (exact) mass is 1710 g/mol. The van der Waals surface area contributed by atoms with Crippen LogP contribution in [0.15, 0.2) is 430 Å². The molecule has 3 aliphatic heterocycles. The number of anilines is 6. The molecule has 24 rings (SSSR count). The van der Waals surface area contributed by atoms with Crippen LogP contribution in [0.25, 0.3) is 138 Å². The summed E-state index contributed by atoms with van der Waals surface area (Å²) in [4.78, 5) is 8.37. The first-order chi connectivity index (χ1) is 71.0. The van der Waals surface area contributed by atoms with Gasteiger partial charge in [-0.05, 0) is 238 Å². The minimum absolute atomic E-state index is 0.0989. The van der Waals surface area contributed by atoms with E-state index in [4.69, 9.17) is 11.3 Å². The fraction of sp³-hybridized carbons (Fsp3) is 0.0720. The maximum absolute atomic E-state index is 11.0. The largest absolute Gasteiger partial charge is 0.457 e. The van der Waals surface area contributed by atoms with Gasteiger partial charge in [-0.3, -0.25) is 0 Å². The van der Waals surface area contributed by atoms with Gasteiger partial charge in [0.05, 0.1) is 73.5 Å². The third-order valence-electron chi connectivity index (χ3n) is 26.9. The smallest absolute Gasteiger partial charge is 0.252 e. The van der Waals surface area contributed by atoms with E-state index in [1.165, 1.54) is 0 Å². The summed E-state index contributed by atoms with van der Waals surface area (Å²) in [7, 11) is 0. The van der Waals surface area contributed by atoms with Gasteiger partial charge in [0.15, 0.2) is 5.69 Å². The molecule has 0 amide bonds. The van der Waals surface area contributed by atoms with Crippen LogP contribution in [-0.2, 0) is 16.2 Å². The van der Waals surface area contributed by atoms with Crippen LogP contribution in [0.1, 0.15) is 99.7 Å². The number of rotatable bonds is 13. The number of fused-ring (bicyclic) bond motifs is 12. The average Bonchev–Trinajstić information content (AvgIpc) is 1.55. The molecule has 0 fully saturated rings. The lowest BCUT2D eigenvalue weighted by Crippen LogP contribution is -2.61. The van der Waals surface area contributed by atoms with Crippen molar-refractivity contribution in [1.29, 1.82) is 5.26 Å². The lowest BCUT2D eigenvalue weighted by molar-refractivity contribution is 0.434. The van der Waals surface area contributed by atoms with Gasteiger partial charge in [-0.2, -0.15) is 5.26 Å². The number of para-hydroxylation sites is 3. The quantitative estimate of drug-likeness (QED) is 0.0853. The van der Waals surface area contributed by atoms with Gasteiger partial charge in [0.1, 0.15) is 11.5 Å². The molecule has 0 saturated carbocycles. The van der Waals surface area contributed by atoms with Crippen molar-refractivity contribution in [3.05, 3.63) is 481 Å². The van der Waals surface area contributed by atoms with Gasteiger partial charge < -0.3 is 23.7 Å². The molecule has 8 heteroatoms. The van der Waals surface area contributed by atoms with Gasteiger partial charge >= 0.3 is 0 Å². The third kappa shape index (κ3) is 13.0. The van der Waals surface area contributed by atoms with Crippen LogP contribution in [0.5, 0.6) is 11.5 Å². The van der Waals surface area contributed by atoms with Crippen molar-refractivity contribution >= 4 is 107 Å². The second kappa shape index (κ2) is 31.3. The highest BCUT2D eigenvalue weighted by molar-refractivity contribution is 7.00. The van der Waals surface area contributed by atoms with Gasteiger partial charge in [0.2, 0.25) is 0 Å². The number of hydrogen-bond donors (Lipinski definition) is 0. The molecule has 19 aromatic carbocycles. The van der Waals surface area contributed by atoms with E-state index >= 15 is 0 Å². The summed E-state index contributed by atoms with van der Waals surface area (Å²) in [6.45, 7) is 20.8. The predicted octanol–water partition coefficient (Wildman–Crippen LogP) is 31.1. The predicted molar refractivity (Wildman–Crippen MR) is 554 cm³/mol. The van der Waals surface area contributed by atoms with Crippen molar-refractivity contribution < 1.29 is 23.9 Å². The molecule has 0 N–H and O–H groups in total. The SMILES string of the molecule is [2H]c1c([2H])c([2H])c2c(c1[2H])c1c([2H])c(C#N)c([2H])c([2H])c1n2-c1ccc2c(c1)N(c1c(-c3ccccc3)cc(C(C)(C)C)cc1-c1cccc(-c3ccccc3)c1)c1cc(-c3ccc4c(c3)Oc3ccccc3C4(c3ccccc3)c3ccccc3)cc3c1B2c1ccc(-n2c4c([2H])c([2H])c([2H])c([2H])c4c4c([2H])c([N+]#[C-])c([2H])c([2H])c42)cc1N3c1c(-c2ccccc2)cc(C(C)(C)C)cc1-c1cccc(-c2ccccc2)c1. The molecule has 0 spiro atoms. The van der Waals surface area contributed by atoms with Crippen molar-refractivity contribution in [3.8, 4) is 107 Å². The molecular formula is C125H89BN6O. The molecule has 5 heterocycles. The fourth-order valence-electron chi connectivity index (χ4n) is 20.7. The molecular weight excluding hydrogens is 1610 g/mol. The Morgan fingerprint density at radius 1 is 0.346 bits per heavy atom. The Bertz CT molecular complexity index is 8840. The third-order valence-corrected chi connectivity index (χ3v) is 26.9. The van der Waals surface area contributed by atoms with Crippen LogP contribution in [0.3, 0.4) is 0 Å². The molecule has 3 aliphatic rings. The zero-order chi connectivity index (χ0) is 102. The number of benzene rings is 19. The van der Waals surface area contributed by atoms with Gasteiger partial charge in [-0.25, -0.2) is 4.85 Å². The molecule has 0 atom stereocenters. The van der Waals surface area contributed by atoms with E-state index < -0.39 is 119 Å². The molecule has 21 aromatic rings. The van der Waals surface area contributed by atoms with Crippen LogP contribution >= 0.6 is 0 Å². The number of ether oxygens (including phenoxy) is 1. The summed E-state index contributed by atoms with van der Waals surface area (Å²) in [6, 6.07) is 114. The Hall–Kier alpha value is -16.8. The Balaban J connectivity index is 0.931. The highest BCUT2D eigenvalue weighted by atomic mass is 16.5.